The summed E-state index contributed by atoms with van der Waals surface area (Å²) in [6.45, 7) is 0.547. The van der Waals surface area contributed by atoms with Crippen molar-refractivity contribution in [1.29, 1.82) is 0 Å². The van der Waals surface area contributed by atoms with Gasteiger partial charge < -0.3 is 5.32 Å². The molecule has 6 nitrogen and oxygen atoms in total. The standard InChI is InChI=1S/C22H18N2O4S2/c25-19(6-3-10-24-21(27)16-4-1-2-5-17(16)22(24)28)23-12-15-7-8-18(30-15)20(26)14-9-11-29-13-14/h1-2,4-5,7-9,11,13H,3,6,10,12H2,(H,23,25). The fourth-order valence-corrected chi connectivity index (χ4v) is 4.79. The first-order valence-electron chi connectivity index (χ1n) is 9.42. The average molecular weight is 439 g/mol. The molecule has 2 aromatic heterocycles. The van der Waals surface area contributed by atoms with Crippen molar-refractivity contribution < 1.29 is 19.2 Å². The molecule has 3 heterocycles. The Labute approximate surface area is 181 Å². The zero-order valence-corrected chi connectivity index (χ0v) is 17.6. The highest BCUT2D eigenvalue weighted by Gasteiger charge is 2.34. The predicted octanol–water partition coefficient (Wildman–Crippen LogP) is 3.73. The molecule has 0 aliphatic carbocycles. The third kappa shape index (κ3) is 4.10. The number of carbonyl (C=O) groups is 4. The Kier molecular flexibility index (Phi) is 5.87. The lowest BCUT2D eigenvalue weighted by molar-refractivity contribution is -0.121. The van der Waals surface area contributed by atoms with E-state index in [1.165, 1.54) is 27.6 Å². The number of amides is 3. The Morgan fingerprint density at radius 1 is 0.967 bits per heavy atom. The summed E-state index contributed by atoms with van der Waals surface area (Å²) >= 11 is 2.84. The number of nitrogens with zero attached hydrogens (tertiary/aromatic N) is 1. The first-order valence-corrected chi connectivity index (χ1v) is 11.2. The van der Waals surface area contributed by atoms with Crippen molar-refractivity contribution in [2.24, 2.45) is 0 Å². The SMILES string of the molecule is O=C(CCCN1C(=O)c2ccccc2C1=O)NCc1ccc(C(=O)c2ccsc2)s1. The summed E-state index contributed by atoms with van der Waals surface area (Å²) in [7, 11) is 0. The molecule has 3 amide bonds. The molecule has 0 saturated carbocycles. The Morgan fingerprint density at radius 3 is 2.37 bits per heavy atom. The molecule has 1 aromatic carbocycles. The molecule has 0 atom stereocenters. The highest BCUT2D eigenvalue weighted by atomic mass is 32.1. The number of benzene rings is 1. The summed E-state index contributed by atoms with van der Waals surface area (Å²) in [5, 5.41) is 6.51. The number of nitrogens with one attached hydrogen (secondary N) is 1. The van der Waals surface area contributed by atoms with Crippen LogP contribution in [0.15, 0.2) is 53.2 Å². The normalized spacial score (nSPS) is 12.9. The van der Waals surface area contributed by atoms with Crippen LogP contribution < -0.4 is 5.32 Å². The second kappa shape index (κ2) is 8.73. The third-order valence-corrected chi connectivity index (χ3v) is 6.56. The molecular weight excluding hydrogens is 420 g/mol. The zero-order chi connectivity index (χ0) is 21.1. The molecule has 8 heteroatoms. The molecule has 4 rings (SSSR count). The van der Waals surface area contributed by atoms with E-state index < -0.39 is 0 Å². The van der Waals surface area contributed by atoms with Gasteiger partial charge in [0.05, 0.1) is 22.5 Å². The Bertz CT molecular complexity index is 1080. The molecular formula is C22H18N2O4S2. The van der Waals surface area contributed by atoms with Crippen LogP contribution in [0, 0.1) is 0 Å². The molecule has 1 aliphatic heterocycles. The summed E-state index contributed by atoms with van der Waals surface area (Å²) < 4.78 is 0. The van der Waals surface area contributed by atoms with Crippen LogP contribution >= 0.6 is 22.7 Å². The topological polar surface area (TPSA) is 83.6 Å². The van der Waals surface area contributed by atoms with E-state index in [1.807, 2.05) is 16.8 Å². The van der Waals surface area contributed by atoms with Gasteiger partial charge in [-0.05, 0) is 42.1 Å². The number of imide groups is 1. The first-order chi connectivity index (χ1) is 14.5. The van der Waals surface area contributed by atoms with Crippen molar-refractivity contribution in [1.82, 2.24) is 10.2 Å². The molecule has 0 fully saturated rings. The van der Waals surface area contributed by atoms with E-state index in [4.69, 9.17) is 0 Å². The number of carbonyl (C=O) groups excluding carboxylic acids is 4. The predicted molar refractivity (Wildman–Crippen MR) is 115 cm³/mol. The molecule has 3 aromatic rings. The highest BCUT2D eigenvalue weighted by Crippen LogP contribution is 2.23. The van der Waals surface area contributed by atoms with Gasteiger partial charge in [-0.3, -0.25) is 24.1 Å². The maximum atomic E-state index is 12.3. The molecule has 0 radical (unpaired) electrons. The molecule has 1 N–H and O–H groups in total. The first kappa shape index (κ1) is 20.2. The molecule has 0 spiro atoms. The van der Waals surface area contributed by atoms with Crippen molar-refractivity contribution in [3.05, 3.63) is 79.7 Å². The summed E-state index contributed by atoms with van der Waals surface area (Å²) in [5.41, 5.74) is 1.50. The summed E-state index contributed by atoms with van der Waals surface area (Å²) in [5.74, 6) is -0.791. The number of hydrogen-bond donors (Lipinski definition) is 1. The van der Waals surface area contributed by atoms with Gasteiger partial charge in [0.15, 0.2) is 0 Å². The quantitative estimate of drug-likeness (QED) is 0.429. The minimum atomic E-state index is -0.308. The number of ketones is 1. The minimum Gasteiger partial charge on any atom is -0.351 e. The van der Waals surface area contributed by atoms with Gasteiger partial charge in [-0.15, -0.1) is 11.3 Å². The van der Waals surface area contributed by atoms with Crippen molar-refractivity contribution in [2.45, 2.75) is 19.4 Å². The van der Waals surface area contributed by atoms with Crippen molar-refractivity contribution in [3.8, 4) is 0 Å². The van der Waals surface area contributed by atoms with Gasteiger partial charge in [0, 0.05) is 28.8 Å². The fraction of sp³-hybridized carbons (Fsp3) is 0.182. The van der Waals surface area contributed by atoms with E-state index >= 15 is 0 Å². The number of thiophene rings is 2. The van der Waals surface area contributed by atoms with Gasteiger partial charge in [0.1, 0.15) is 0 Å². The van der Waals surface area contributed by atoms with Crippen LogP contribution in [0.4, 0.5) is 0 Å². The third-order valence-electron chi connectivity index (χ3n) is 4.79. The maximum absolute atomic E-state index is 12.3. The van der Waals surface area contributed by atoms with E-state index in [1.54, 1.807) is 36.4 Å². The van der Waals surface area contributed by atoms with Crippen LogP contribution in [0.1, 0.15) is 53.7 Å². The van der Waals surface area contributed by atoms with E-state index in [2.05, 4.69) is 5.32 Å². The van der Waals surface area contributed by atoms with Gasteiger partial charge in [0.25, 0.3) is 11.8 Å². The minimum absolute atomic E-state index is 0.0141. The summed E-state index contributed by atoms with van der Waals surface area (Å²) in [6.07, 6.45) is 0.600. The lowest BCUT2D eigenvalue weighted by Gasteiger charge is -2.13. The second-order valence-corrected chi connectivity index (χ2v) is 8.74. The molecule has 1 aliphatic rings. The largest absolute Gasteiger partial charge is 0.351 e. The van der Waals surface area contributed by atoms with Crippen molar-refractivity contribution >= 4 is 46.2 Å². The van der Waals surface area contributed by atoms with Crippen LogP contribution in [-0.2, 0) is 11.3 Å². The Morgan fingerprint density at radius 2 is 1.70 bits per heavy atom. The Hall–Kier alpha value is -3.10. The fourth-order valence-electron chi connectivity index (χ4n) is 3.24. The summed E-state index contributed by atoms with van der Waals surface area (Å²) in [4.78, 5) is 51.8. The molecule has 0 bridgehead atoms. The molecule has 30 heavy (non-hydrogen) atoms. The van der Waals surface area contributed by atoms with E-state index in [0.717, 1.165) is 4.88 Å². The maximum Gasteiger partial charge on any atom is 0.261 e. The van der Waals surface area contributed by atoms with Crippen LogP contribution in [-0.4, -0.2) is 34.9 Å². The van der Waals surface area contributed by atoms with E-state index in [9.17, 15) is 19.2 Å². The number of fused-ring (bicyclic) bond motifs is 1. The molecule has 0 unspecified atom stereocenters. The van der Waals surface area contributed by atoms with Gasteiger partial charge in [-0.2, -0.15) is 11.3 Å². The lowest BCUT2D eigenvalue weighted by Crippen LogP contribution is -2.31. The molecule has 152 valence electrons. The van der Waals surface area contributed by atoms with Crippen LogP contribution in [0.25, 0.3) is 0 Å². The lowest BCUT2D eigenvalue weighted by atomic mass is 10.1. The summed E-state index contributed by atoms with van der Waals surface area (Å²) in [6, 6.07) is 12.1. The van der Waals surface area contributed by atoms with Gasteiger partial charge in [0.2, 0.25) is 11.7 Å². The number of rotatable bonds is 8. The van der Waals surface area contributed by atoms with Gasteiger partial charge in [-0.1, -0.05) is 12.1 Å². The smallest absolute Gasteiger partial charge is 0.261 e. The van der Waals surface area contributed by atoms with Crippen molar-refractivity contribution in [3.63, 3.8) is 0 Å². The monoisotopic (exact) mass is 438 g/mol. The zero-order valence-electron chi connectivity index (χ0n) is 15.9. The van der Waals surface area contributed by atoms with Crippen LogP contribution in [0.5, 0.6) is 0 Å². The van der Waals surface area contributed by atoms with E-state index in [-0.39, 0.29) is 36.5 Å². The van der Waals surface area contributed by atoms with Crippen LogP contribution in [0.2, 0.25) is 0 Å². The van der Waals surface area contributed by atoms with Crippen LogP contribution in [0.3, 0.4) is 0 Å². The Balaban J connectivity index is 1.23. The average Bonchev–Trinajstić information content (AvgIpc) is 3.50. The molecule has 0 saturated heterocycles. The highest BCUT2D eigenvalue weighted by molar-refractivity contribution is 7.14. The van der Waals surface area contributed by atoms with Gasteiger partial charge >= 0.3 is 0 Å². The second-order valence-electron chi connectivity index (χ2n) is 6.79. The number of hydrogen-bond acceptors (Lipinski definition) is 6. The van der Waals surface area contributed by atoms with Gasteiger partial charge in [-0.25, -0.2) is 0 Å². The van der Waals surface area contributed by atoms with E-state index in [0.29, 0.717) is 34.5 Å². The van der Waals surface area contributed by atoms with Crippen molar-refractivity contribution in [2.75, 3.05) is 6.54 Å².